The maximum Gasteiger partial charge on any atom is 0.243 e. The van der Waals surface area contributed by atoms with Crippen LogP contribution in [0.1, 0.15) is 52.0 Å². The molecule has 0 unspecified atom stereocenters. The number of carbonyl (C=O) groups excluding carboxylic acids is 2. The van der Waals surface area contributed by atoms with Crippen LogP contribution in [0.3, 0.4) is 0 Å². The van der Waals surface area contributed by atoms with Crippen molar-refractivity contribution < 1.29 is 22.7 Å². The number of nitrogens with one attached hydrogen (secondary N) is 1. The van der Waals surface area contributed by atoms with Gasteiger partial charge in [0.2, 0.25) is 21.8 Å². The van der Waals surface area contributed by atoms with Gasteiger partial charge in [-0.1, -0.05) is 55.8 Å². The number of ether oxygens (including phenoxy) is 1. The lowest BCUT2D eigenvalue weighted by Gasteiger charge is -2.32. The maximum atomic E-state index is 13.5. The molecule has 10 heteroatoms. The zero-order valence-corrected chi connectivity index (χ0v) is 24.5. The fourth-order valence-corrected chi connectivity index (χ4v) is 5.36. The quantitative estimate of drug-likeness (QED) is 0.339. The van der Waals surface area contributed by atoms with E-state index in [9.17, 15) is 18.0 Å². The van der Waals surface area contributed by atoms with Crippen molar-refractivity contribution in [1.29, 1.82) is 0 Å². The van der Waals surface area contributed by atoms with E-state index < -0.39 is 16.1 Å². The monoisotopic (exact) mass is 565 g/mol. The van der Waals surface area contributed by atoms with Gasteiger partial charge in [-0.2, -0.15) is 0 Å². The molecule has 0 spiro atoms. The highest BCUT2D eigenvalue weighted by molar-refractivity contribution is 7.92. The first-order valence-corrected chi connectivity index (χ1v) is 15.2. The molecule has 1 N–H and O–H groups in total. The molecule has 0 saturated carbocycles. The van der Waals surface area contributed by atoms with Gasteiger partial charge in [-0.25, -0.2) is 8.42 Å². The Hall–Kier alpha value is -2.78. The SMILES string of the molecule is CC[C@@H](C)NC(=O)[C@@H](CC)N(CCc1ccccc1)C(=O)CCCN(c1ccc(OC)c(Cl)c1)S(C)(=O)=O. The van der Waals surface area contributed by atoms with Gasteiger partial charge in [-0.15, -0.1) is 0 Å². The zero-order valence-electron chi connectivity index (χ0n) is 22.9. The van der Waals surface area contributed by atoms with Crippen molar-refractivity contribution in [1.82, 2.24) is 10.2 Å². The molecular weight excluding hydrogens is 526 g/mol. The molecule has 2 aromatic rings. The van der Waals surface area contributed by atoms with Crippen molar-refractivity contribution in [3.63, 3.8) is 0 Å². The molecule has 0 heterocycles. The molecule has 0 bridgehead atoms. The molecule has 2 amide bonds. The Morgan fingerprint density at radius 3 is 2.29 bits per heavy atom. The Balaban J connectivity index is 2.19. The molecule has 0 aliphatic heterocycles. The number of anilines is 1. The second-order valence-electron chi connectivity index (χ2n) is 9.32. The number of sulfonamides is 1. The third kappa shape index (κ3) is 9.20. The van der Waals surface area contributed by atoms with E-state index in [-0.39, 0.29) is 37.2 Å². The molecule has 2 rings (SSSR count). The van der Waals surface area contributed by atoms with E-state index >= 15 is 0 Å². The second kappa shape index (κ2) is 15.0. The third-order valence-electron chi connectivity index (χ3n) is 6.45. The van der Waals surface area contributed by atoms with Gasteiger partial charge < -0.3 is 15.0 Å². The standard InChI is InChI=1S/C28H40ClN3O5S/c1-6-21(3)30-28(34)25(7-2)31(19-17-22-12-9-8-10-13-22)27(33)14-11-18-32(38(5,35)36)23-15-16-26(37-4)24(29)20-23/h8-10,12-13,15-16,20-21,25H,6-7,11,14,17-19H2,1-5H3,(H,30,34)/t21-,25-/m1/s1. The molecule has 2 atom stereocenters. The minimum Gasteiger partial charge on any atom is -0.495 e. The average Bonchev–Trinajstić information content (AvgIpc) is 2.88. The van der Waals surface area contributed by atoms with Crippen LogP contribution in [0.5, 0.6) is 5.75 Å². The highest BCUT2D eigenvalue weighted by Gasteiger charge is 2.29. The van der Waals surface area contributed by atoms with Crippen LogP contribution < -0.4 is 14.4 Å². The summed E-state index contributed by atoms with van der Waals surface area (Å²) in [6.45, 7) is 6.30. The van der Waals surface area contributed by atoms with Gasteiger partial charge in [-0.05, 0) is 56.4 Å². The van der Waals surface area contributed by atoms with Crippen LogP contribution in [0, 0.1) is 0 Å². The summed E-state index contributed by atoms with van der Waals surface area (Å²) in [7, 11) is -2.14. The zero-order chi connectivity index (χ0) is 28.3. The van der Waals surface area contributed by atoms with Crippen molar-refractivity contribution in [3.05, 3.63) is 59.1 Å². The molecule has 38 heavy (non-hydrogen) atoms. The minimum absolute atomic E-state index is 0.00210. The molecule has 8 nitrogen and oxygen atoms in total. The van der Waals surface area contributed by atoms with E-state index in [1.807, 2.05) is 51.1 Å². The van der Waals surface area contributed by atoms with E-state index in [0.29, 0.717) is 35.8 Å². The normalized spacial score (nSPS) is 12.9. The van der Waals surface area contributed by atoms with Gasteiger partial charge in [0, 0.05) is 25.6 Å². The molecule has 0 aliphatic carbocycles. The number of amides is 2. The first-order valence-electron chi connectivity index (χ1n) is 13.0. The summed E-state index contributed by atoms with van der Waals surface area (Å²) in [6, 6.07) is 14.0. The molecule has 0 fully saturated rings. The largest absolute Gasteiger partial charge is 0.495 e. The van der Waals surface area contributed by atoms with E-state index in [4.69, 9.17) is 16.3 Å². The van der Waals surface area contributed by atoms with Gasteiger partial charge in [-0.3, -0.25) is 13.9 Å². The van der Waals surface area contributed by atoms with Crippen LogP contribution in [-0.2, 0) is 26.0 Å². The van der Waals surface area contributed by atoms with E-state index in [1.165, 1.54) is 17.5 Å². The Morgan fingerprint density at radius 2 is 1.74 bits per heavy atom. The van der Waals surface area contributed by atoms with E-state index in [0.717, 1.165) is 18.2 Å². The van der Waals surface area contributed by atoms with Gasteiger partial charge in [0.1, 0.15) is 11.8 Å². The van der Waals surface area contributed by atoms with E-state index in [1.54, 1.807) is 17.0 Å². The summed E-state index contributed by atoms with van der Waals surface area (Å²) < 4.78 is 31.5. The number of rotatable bonds is 15. The minimum atomic E-state index is -3.62. The lowest BCUT2D eigenvalue weighted by molar-refractivity contribution is -0.141. The Kier molecular flexibility index (Phi) is 12.4. The topological polar surface area (TPSA) is 96.0 Å². The predicted molar refractivity (Wildman–Crippen MR) is 153 cm³/mol. The molecule has 0 aromatic heterocycles. The number of carbonyl (C=O) groups is 2. The lowest BCUT2D eigenvalue weighted by Crippen LogP contribution is -2.51. The third-order valence-corrected chi connectivity index (χ3v) is 7.94. The Bertz CT molecular complexity index is 1160. The Morgan fingerprint density at radius 1 is 1.05 bits per heavy atom. The number of hydrogen-bond acceptors (Lipinski definition) is 5. The fourth-order valence-electron chi connectivity index (χ4n) is 4.15. The summed E-state index contributed by atoms with van der Waals surface area (Å²) in [5.41, 5.74) is 1.47. The van der Waals surface area contributed by atoms with Gasteiger partial charge in [0.05, 0.1) is 24.1 Å². The van der Waals surface area contributed by atoms with E-state index in [2.05, 4.69) is 5.32 Å². The number of hydrogen-bond donors (Lipinski definition) is 1. The number of benzene rings is 2. The van der Waals surface area contributed by atoms with Gasteiger partial charge in [0.25, 0.3) is 0 Å². The molecule has 210 valence electrons. The first kappa shape index (κ1) is 31.4. The maximum absolute atomic E-state index is 13.5. The highest BCUT2D eigenvalue weighted by Crippen LogP contribution is 2.30. The molecule has 2 aromatic carbocycles. The number of nitrogens with zero attached hydrogens (tertiary/aromatic N) is 2. The van der Waals surface area contributed by atoms with Crippen molar-refractivity contribution in [2.75, 3.05) is 30.8 Å². The molecule has 0 saturated heterocycles. The van der Waals surface area contributed by atoms with Gasteiger partial charge in [0.15, 0.2) is 0 Å². The van der Waals surface area contributed by atoms with Crippen LogP contribution in [0.4, 0.5) is 5.69 Å². The van der Waals surface area contributed by atoms with Crippen molar-refractivity contribution >= 4 is 39.1 Å². The van der Waals surface area contributed by atoms with Crippen LogP contribution in [0.2, 0.25) is 5.02 Å². The summed E-state index contributed by atoms with van der Waals surface area (Å²) in [6.07, 6.45) is 3.36. The molecule has 0 aliphatic rings. The number of halogens is 1. The Labute approximate surface area is 232 Å². The molecule has 0 radical (unpaired) electrons. The molecular formula is C28H40ClN3O5S. The number of methoxy groups -OCH3 is 1. The summed E-state index contributed by atoms with van der Waals surface area (Å²) in [4.78, 5) is 28.2. The summed E-state index contributed by atoms with van der Waals surface area (Å²) >= 11 is 6.22. The fraction of sp³-hybridized carbons (Fsp3) is 0.500. The summed E-state index contributed by atoms with van der Waals surface area (Å²) in [5.74, 6) is 0.0802. The average molecular weight is 566 g/mol. The van der Waals surface area contributed by atoms with Crippen LogP contribution >= 0.6 is 11.6 Å². The smallest absolute Gasteiger partial charge is 0.243 e. The summed E-state index contributed by atoms with van der Waals surface area (Å²) in [5, 5.41) is 3.29. The van der Waals surface area contributed by atoms with Gasteiger partial charge >= 0.3 is 0 Å². The lowest BCUT2D eigenvalue weighted by atomic mass is 10.1. The first-order chi connectivity index (χ1) is 18.0. The van der Waals surface area contributed by atoms with Crippen molar-refractivity contribution in [3.8, 4) is 5.75 Å². The van der Waals surface area contributed by atoms with Crippen LogP contribution in [0.15, 0.2) is 48.5 Å². The highest BCUT2D eigenvalue weighted by atomic mass is 35.5. The van der Waals surface area contributed by atoms with Crippen molar-refractivity contribution in [2.24, 2.45) is 0 Å². The van der Waals surface area contributed by atoms with Crippen LogP contribution in [-0.4, -0.2) is 63.7 Å². The predicted octanol–water partition coefficient (Wildman–Crippen LogP) is 4.66. The van der Waals surface area contributed by atoms with Crippen molar-refractivity contribution in [2.45, 2.75) is 65.0 Å². The second-order valence-corrected chi connectivity index (χ2v) is 11.6. The van der Waals surface area contributed by atoms with Crippen LogP contribution in [0.25, 0.3) is 0 Å².